The summed E-state index contributed by atoms with van der Waals surface area (Å²) in [6.45, 7) is 3.47. The lowest BCUT2D eigenvalue weighted by Gasteiger charge is -2.36. The van der Waals surface area contributed by atoms with E-state index in [1.54, 1.807) is 17.2 Å². The number of anilines is 1. The highest BCUT2D eigenvalue weighted by atomic mass is 19.1. The number of benzene rings is 1. The predicted octanol–water partition coefficient (Wildman–Crippen LogP) is 2.73. The molecule has 2 atom stereocenters. The van der Waals surface area contributed by atoms with Crippen molar-refractivity contribution in [2.24, 2.45) is 5.73 Å². The number of carbonyl (C=O) groups excluding carboxylic acids is 2. The minimum Gasteiger partial charge on any atom is -0.451 e. The summed E-state index contributed by atoms with van der Waals surface area (Å²) in [7, 11) is 0. The van der Waals surface area contributed by atoms with Gasteiger partial charge in [0, 0.05) is 35.9 Å². The zero-order valence-corrected chi connectivity index (χ0v) is 15.9. The molecule has 1 fully saturated rings. The summed E-state index contributed by atoms with van der Waals surface area (Å²) in [5.41, 5.74) is 7.86. The van der Waals surface area contributed by atoms with Gasteiger partial charge in [0.15, 0.2) is 0 Å². The summed E-state index contributed by atoms with van der Waals surface area (Å²) in [5.74, 6) is -1.04. The molecule has 8 heteroatoms. The second-order valence-electron chi connectivity index (χ2n) is 7.49. The summed E-state index contributed by atoms with van der Waals surface area (Å²) in [6, 6.07) is 4.06. The Morgan fingerprint density at radius 3 is 2.71 bits per heavy atom. The average molecular weight is 386 g/mol. The van der Waals surface area contributed by atoms with Gasteiger partial charge in [-0.2, -0.15) is 9.49 Å². The van der Waals surface area contributed by atoms with Gasteiger partial charge >= 0.3 is 6.36 Å². The Morgan fingerprint density at radius 2 is 2.07 bits per heavy atom. The fourth-order valence-corrected chi connectivity index (χ4v) is 3.82. The molecule has 148 valence electrons. The van der Waals surface area contributed by atoms with E-state index < -0.39 is 12.3 Å². The third-order valence-electron chi connectivity index (χ3n) is 5.37. The molecule has 2 N–H and O–H groups in total. The van der Waals surface area contributed by atoms with Crippen LogP contribution in [0.3, 0.4) is 0 Å². The van der Waals surface area contributed by atoms with Crippen molar-refractivity contribution in [1.29, 1.82) is 0 Å². The van der Waals surface area contributed by atoms with Crippen molar-refractivity contribution in [2.45, 2.75) is 58.0 Å². The fraction of sp³-hybridized carbons (Fsp3) is 0.450. The van der Waals surface area contributed by atoms with Crippen molar-refractivity contribution < 1.29 is 18.7 Å². The molecule has 1 aliphatic heterocycles. The molecule has 2 aliphatic rings. The molecule has 4 rings (SSSR count). The molecule has 1 saturated carbocycles. The fourth-order valence-electron chi connectivity index (χ4n) is 3.82. The molecule has 7 nitrogen and oxygen atoms in total. The molecular formula is C20H23FN4O3. The number of nitrogens with zero attached hydrogens (tertiary/aromatic N) is 3. The molecule has 2 unspecified atom stereocenters. The van der Waals surface area contributed by atoms with E-state index in [9.17, 15) is 14.0 Å². The van der Waals surface area contributed by atoms with Gasteiger partial charge in [-0.25, -0.2) is 0 Å². The summed E-state index contributed by atoms with van der Waals surface area (Å²) in [6.07, 6.45) is 4.83. The maximum Gasteiger partial charge on any atom is 0.316 e. The minimum absolute atomic E-state index is 0.0265. The summed E-state index contributed by atoms with van der Waals surface area (Å²) < 4.78 is 21.4. The number of rotatable bonds is 5. The van der Waals surface area contributed by atoms with Crippen LogP contribution in [0.4, 0.5) is 10.1 Å². The molecule has 0 spiro atoms. The van der Waals surface area contributed by atoms with E-state index in [1.807, 2.05) is 23.9 Å². The van der Waals surface area contributed by atoms with Crippen LogP contribution in [0.5, 0.6) is 5.75 Å². The lowest BCUT2D eigenvalue weighted by molar-refractivity contribution is -0.131. The number of primary amides is 1. The maximum atomic E-state index is 14.2. The van der Waals surface area contributed by atoms with Gasteiger partial charge < -0.3 is 15.4 Å². The Kier molecular flexibility index (Phi) is 4.56. The van der Waals surface area contributed by atoms with Crippen molar-refractivity contribution in [3.63, 3.8) is 0 Å². The largest absolute Gasteiger partial charge is 0.451 e. The Morgan fingerprint density at radius 1 is 1.32 bits per heavy atom. The first-order chi connectivity index (χ1) is 13.4. The lowest BCUT2D eigenvalue weighted by atomic mass is 9.92. The van der Waals surface area contributed by atoms with Crippen LogP contribution < -0.4 is 15.4 Å². The first-order valence-electron chi connectivity index (χ1n) is 9.47. The van der Waals surface area contributed by atoms with Crippen LogP contribution in [-0.4, -0.2) is 34.0 Å². The van der Waals surface area contributed by atoms with E-state index in [0.717, 1.165) is 18.4 Å². The monoisotopic (exact) mass is 386 g/mol. The van der Waals surface area contributed by atoms with E-state index in [0.29, 0.717) is 35.7 Å². The Labute approximate surface area is 162 Å². The highest BCUT2D eigenvalue weighted by Crippen LogP contribution is 2.44. The van der Waals surface area contributed by atoms with Gasteiger partial charge in [0.2, 0.25) is 5.91 Å². The molecule has 2 heterocycles. The first-order valence-corrected chi connectivity index (χ1v) is 9.47. The molecule has 2 aromatic rings. The standard InChI is InChI=1S/C20H23FN4O3/c1-11-3-6-16-17(25(11)12(2)26)8-7-15(18(16)28-19(21)20(22)27)13-9-23-24(10-13)14-4-5-14/h7-11,14,19H,3-6H2,1-2H3,(H2,22,27). The van der Waals surface area contributed by atoms with Gasteiger partial charge in [-0.05, 0) is 44.7 Å². The van der Waals surface area contributed by atoms with E-state index in [1.165, 1.54) is 6.92 Å². The molecule has 1 aromatic heterocycles. The van der Waals surface area contributed by atoms with Crippen LogP contribution in [0.1, 0.15) is 44.7 Å². The molecule has 1 aromatic carbocycles. The highest BCUT2D eigenvalue weighted by molar-refractivity contribution is 5.95. The van der Waals surface area contributed by atoms with E-state index in [2.05, 4.69) is 5.10 Å². The minimum atomic E-state index is -2.27. The molecule has 1 aliphatic carbocycles. The van der Waals surface area contributed by atoms with Crippen LogP contribution >= 0.6 is 0 Å². The van der Waals surface area contributed by atoms with Gasteiger partial charge in [-0.1, -0.05) is 0 Å². The zero-order chi connectivity index (χ0) is 20.0. The van der Waals surface area contributed by atoms with Gasteiger partial charge in [0.05, 0.1) is 17.9 Å². The quantitative estimate of drug-likeness (QED) is 0.855. The molecule has 0 radical (unpaired) electrons. The third kappa shape index (κ3) is 3.23. The number of hydrogen-bond donors (Lipinski definition) is 1. The number of ether oxygens (including phenoxy) is 1. The van der Waals surface area contributed by atoms with E-state index in [4.69, 9.17) is 10.5 Å². The Balaban J connectivity index is 1.83. The summed E-state index contributed by atoms with van der Waals surface area (Å²) in [5, 5.41) is 4.39. The zero-order valence-electron chi connectivity index (χ0n) is 15.9. The number of halogens is 1. The van der Waals surface area contributed by atoms with Crippen molar-refractivity contribution in [2.75, 3.05) is 4.90 Å². The van der Waals surface area contributed by atoms with Gasteiger partial charge in [-0.3, -0.25) is 14.3 Å². The normalized spacial score (nSPS) is 19.8. The van der Waals surface area contributed by atoms with E-state index in [-0.39, 0.29) is 17.7 Å². The van der Waals surface area contributed by atoms with Crippen LogP contribution in [0, 0.1) is 0 Å². The van der Waals surface area contributed by atoms with Crippen molar-refractivity contribution >= 4 is 17.5 Å². The summed E-state index contributed by atoms with van der Waals surface area (Å²) in [4.78, 5) is 25.1. The summed E-state index contributed by atoms with van der Waals surface area (Å²) >= 11 is 0. The number of hydrogen-bond acceptors (Lipinski definition) is 4. The average Bonchev–Trinajstić information content (AvgIpc) is 3.38. The number of fused-ring (bicyclic) bond motifs is 1. The number of amides is 2. The Bertz CT molecular complexity index is 938. The second kappa shape index (κ2) is 6.92. The molecular weight excluding hydrogens is 363 g/mol. The van der Waals surface area contributed by atoms with Crippen LogP contribution in [0.15, 0.2) is 24.5 Å². The van der Waals surface area contributed by atoms with Crippen LogP contribution in [0.25, 0.3) is 11.1 Å². The molecule has 28 heavy (non-hydrogen) atoms. The van der Waals surface area contributed by atoms with Crippen LogP contribution in [-0.2, 0) is 16.0 Å². The highest BCUT2D eigenvalue weighted by Gasteiger charge is 2.32. The molecule has 0 bridgehead atoms. The van der Waals surface area contributed by atoms with Gasteiger partial charge in [-0.15, -0.1) is 0 Å². The topological polar surface area (TPSA) is 90.4 Å². The SMILES string of the molecule is CC(=O)N1c2ccc(-c3cnn(C4CC4)c3)c(OC(F)C(N)=O)c2CCC1C. The molecule has 2 amide bonds. The smallest absolute Gasteiger partial charge is 0.316 e. The van der Waals surface area contributed by atoms with Crippen molar-refractivity contribution in [1.82, 2.24) is 9.78 Å². The van der Waals surface area contributed by atoms with E-state index >= 15 is 0 Å². The number of alkyl halides is 1. The lowest BCUT2D eigenvalue weighted by Crippen LogP contribution is -2.41. The van der Waals surface area contributed by atoms with Crippen molar-refractivity contribution in [3.05, 3.63) is 30.1 Å². The second-order valence-corrected chi connectivity index (χ2v) is 7.49. The van der Waals surface area contributed by atoms with Gasteiger partial charge in [0.25, 0.3) is 5.91 Å². The van der Waals surface area contributed by atoms with Gasteiger partial charge in [0.1, 0.15) is 5.75 Å². The first kappa shape index (κ1) is 18.5. The van der Waals surface area contributed by atoms with Crippen LogP contribution in [0.2, 0.25) is 0 Å². The van der Waals surface area contributed by atoms with Crippen molar-refractivity contribution in [3.8, 4) is 16.9 Å². The number of nitrogens with two attached hydrogens (primary N) is 1. The number of aromatic nitrogens is 2. The maximum absolute atomic E-state index is 14.2. The Hall–Kier alpha value is -2.90. The molecule has 0 saturated heterocycles. The predicted molar refractivity (Wildman–Crippen MR) is 102 cm³/mol. The third-order valence-corrected chi connectivity index (χ3v) is 5.37. The number of carbonyl (C=O) groups is 2.